The summed E-state index contributed by atoms with van der Waals surface area (Å²) in [4.78, 5) is -0.0247. The number of aryl methyl sites for hydroxylation is 1. The van der Waals surface area contributed by atoms with Crippen LogP contribution in [0.4, 0.5) is 17.1 Å². The van der Waals surface area contributed by atoms with E-state index in [4.69, 9.17) is 22.5 Å². The second-order valence-corrected chi connectivity index (χ2v) is 6.38. The summed E-state index contributed by atoms with van der Waals surface area (Å²) in [5.74, 6) is 0. The summed E-state index contributed by atoms with van der Waals surface area (Å²) < 4.78 is 22.5. The van der Waals surface area contributed by atoms with E-state index in [0.717, 1.165) is 11.3 Å². The third-order valence-electron chi connectivity index (χ3n) is 2.82. The monoisotopic (exact) mass is 311 g/mol. The van der Waals surface area contributed by atoms with Crippen LogP contribution in [0.25, 0.3) is 0 Å². The van der Waals surface area contributed by atoms with Gasteiger partial charge in [-0.3, -0.25) is 0 Å². The maximum Gasteiger partial charge on any atom is 0.238 e. The van der Waals surface area contributed by atoms with Crippen molar-refractivity contribution in [2.75, 3.05) is 11.1 Å². The second kappa shape index (κ2) is 5.32. The number of hydrogen-bond acceptors (Lipinski definition) is 4. The number of hydrogen-bond donors (Lipinski definition) is 3. The molecule has 0 atom stereocenters. The summed E-state index contributed by atoms with van der Waals surface area (Å²) in [6.07, 6.45) is 0. The fourth-order valence-electron chi connectivity index (χ4n) is 1.71. The van der Waals surface area contributed by atoms with Gasteiger partial charge in [0.05, 0.1) is 16.3 Å². The van der Waals surface area contributed by atoms with E-state index in [1.54, 1.807) is 18.2 Å². The van der Waals surface area contributed by atoms with E-state index in [1.165, 1.54) is 12.1 Å². The van der Waals surface area contributed by atoms with Crippen molar-refractivity contribution in [3.63, 3.8) is 0 Å². The lowest BCUT2D eigenvalue weighted by molar-refractivity contribution is 0.598. The van der Waals surface area contributed by atoms with Crippen molar-refractivity contribution < 1.29 is 8.42 Å². The highest BCUT2D eigenvalue weighted by molar-refractivity contribution is 7.89. The van der Waals surface area contributed by atoms with Crippen LogP contribution in [-0.4, -0.2) is 8.42 Å². The van der Waals surface area contributed by atoms with Gasteiger partial charge in [0.25, 0.3) is 0 Å². The first kappa shape index (κ1) is 14.6. The molecule has 0 amide bonds. The number of rotatable bonds is 3. The van der Waals surface area contributed by atoms with Gasteiger partial charge in [-0.05, 0) is 42.8 Å². The Morgan fingerprint density at radius 1 is 1.10 bits per heavy atom. The SMILES string of the molecule is Cc1ccc(Cl)cc1Nc1ccc(S(N)(=O)=O)cc1N. The lowest BCUT2D eigenvalue weighted by Gasteiger charge is -2.13. The van der Waals surface area contributed by atoms with Crippen LogP contribution in [-0.2, 0) is 10.0 Å². The summed E-state index contributed by atoms with van der Waals surface area (Å²) >= 11 is 5.94. The molecule has 2 aromatic rings. The van der Waals surface area contributed by atoms with E-state index >= 15 is 0 Å². The van der Waals surface area contributed by atoms with Gasteiger partial charge in [-0.25, -0.2) is 13.6 Å². The van der Waals surface area contributed by atoms with Gasteiger partial charge in [0.1, 0.15) is 0 Å². The van der Waals surface area contributed by atoms with Gasteiger partial charge in [0.15, 0.2) is 0 Å². The molecule has 0 aliphatic rings. The molecule has 2 rings (SSSR count). The van der Waals surface area contributed by atoms with Crippen molar-refractivity contribution >= 4 is 38.7 Å². The predicted molar refractivity (Wildman–Crippen MR) is 81.7 cm³/mol. The molecule has 0 saturated heterocycles. The van der Waals surface area contributed by atoms with E-state index in [-0.39, 0.29) is 10.6 Å². The highest BCUT2D eigenvalue weighted by Gasteiger charge is 2.10. The van der Waals surface area contributed by atoms with Crippen LogP contribution in [0.1, 0.15) is 5.56 Å². The van der Waals surface area contributed by atoms with Crippen molar-refractivity contribution in [2.45, 2.75) is 11.8 Å². The molecular formula is C13H14ClN3O2S. The molecule has 7 heteroatoms. The Bertz CT molecular complexity index is 760. The number of sulfonamides is 1. The average molecular weight is 312 g/mol. The first-order valence-corrected chi connectivity index (χ1v) is 7.65. The number of benzene rings is 2. The van der Waals surface area contributed by atoms with Crippen molar-refractivity contribution in [1.29, 1.82) is 0 Å². The molecule has 2 aromatic carbocycles. The topological polar surface area (TPSA) is 98.2 Å². The van der Waals surface area contributed by atoms with Gasteiger partial charge in [-0.2, -0.15) is 0 Å². The smallest absolute Gasteiger partial charge is 0.238 e. The van der Waals surface area contributed by atoms with Gasteiger partial charge < -0.3 is 11.1 Å². The number of halogens is 1. The van der Waals surface area contributed by atoms with E-state index in [0.29, 0.717) is 10.7 Å². The summed E-state index contributed by atoms with van der Waals surface area (Å²) in [6.45, 7) is 1.92. The molecule has 20 heavy (non-hydrogen) atoms. The largest absolute Gasteiger partial charge is 0.397 e. The molecule has 0 radical (unpaired) electrons. The van der Waals surface area contributed by atoms with Crippen LogP contribution < -0.4 is 16.2 Å². The lowest BCUT2D eigenvalue weighted by Crippen LogP contribution is -2.12. The molecule has 0 bridgehead atoms. The van der Waals surface area contributed by atoms with Crippen molar-refractivity contribution in [1.82, 2.24) is 0 Å². The highest BCUT2D eigenvalue weighted by Crippen LogP contribution is 2.28. The summed E-state index contributed by atoms with van der Waals surface area (Å²) in [5.41, 5.74) is 8.50. The molecule has 0 aliphatic carbocycles. The normalized spacial score (nSPS) is 11.3. The third-order valence-corrected chi connectivity index (χ3v) is 3.97. The van der Waals surface area contributed by atoms with Gasteiger partial charge in [0.2, 0.25) is 10.0 Å². The Balaban J connectivity index is 2.38. The molecule has 0 saturated carbocycles. The zero-order valence-electron chi connectivity index (χ0n) is 10.7. The quantitative estimate of drug-likeness (QED) is 0.759. The summed E-state index contributed by atoms with van der Waals surface area (Å²) in [7, 11) is -3.76. The van der Waals surface area contributed by atoms with Gasteiger partial charge >= 0.3 is 0 Å². The zero-order chi connectivity index (χ0) is 14.9. The molecule has 0 spiro atoms. The standard InChI is InChI=1S/C13H14ClN3O2S/c1-8-2-3-9(14)6-13(8)17-12-5-4-10(7-11(12)15)20(16,18)19/h2-7,17H,15H2,1H3,(H2,16,18,19). The van der Waals surface area contributed by atoms with Gasteiger partial charge in [0, 0.05) is 10.7 Å². The fourth-order valence-corrected chi connectivity index (χ4v) is 2.43. The number of anilines is 3. The van der Waals surface area contributed by atoms with Crippen LogP contribution in [0.15, 0.2) is 41.3 Å². The van der Waals surface area contributed by atoms with E-state index < -0.39 is 10.0 Å². The Morgan fingerprint density at radius 3 is 2.40 bits per heavy atom. The van der Waals surface area contributed by atoms with Crippen molar-refractivity contribution in [3.8, 4) is 0 Å². The number of primary sulfonamides is 1. The lowest BCUT2D eigenvalue weighted by atomic mass is 10.2. The molecule has 5 nitrogen and oxygen atoms in total. The van der Waals surface area contributed by atoms with E-state index in [2.05, 4.69) is 5.32 Å². The highest BCUT2D eigenvalue weighted by atomic mass is 35.5. The Labute approximate surface area is 122 Å². The predicted octanol–water partition coefficient (Wildman–Crippen LogP) is 2.62. The minimum absolute atomic E-state index is 0.0247. The number of nitrogens with one attached hydrogen (secondary N) is 1. The summed E-state index contributed by atoms with van der Waals surface area (Å²) in [6, 6.07) is 9.71. The molecule has 5 N–H and O–H groups in total. The number of nitrogen functional groups attached to an aromatic ring is 1. The Morgan fingerprint density at radius 2 is 1.80 bits per heavy atom. The molecule has 0 fully saturated rings. The van der Waals surface area contributed by atoms with Crippen LogP contribution in [0.5, 0.6) is 0 Å². The van der Waals surface area contributed by atoms with Crippen LogP contribution >= 0.6 is 11.6 Å². The number of nitrogens with two attached hydrogens (primary N) is 2. The third kappa shape index (κ3) is 3.22. The Kier molecular flexibility index (Phi) is 3.89. The first-order valence-electron chi connectivity index (χ1n) is 5.73. The molecule has 0 heterocycles. The van der Waals surface area contributed by atoms with E-state index in [9.17, 15) is 8.42 Å². The van der Waals surface area contributed by atoms with Crippen molar-refractivity contribution in [2.24, 2.45) is 5.14 Å². The molecule has 0 unspecified atom stereocenters. The minimum Gasteiger partial charge on any atom is -0.397 e. The van der Waals surface area contributed by atoms with E-state index in [1.807, 2.05) is 13.0 Å². The summed E-state index contributed by atoms with van der Waals surface area (Å²) in [5, 5.41) is 8.76. The molecule has 106 valence electrons. The van der Waals surface area contributed by atoms with Crippen LogP contribution in [0.2, 0.25) is 5.02 Å². The fraction of sp³-hybridized carbons (Fsp3) is 0.0769. The minimum atomic E-state index is -3.76. The maximum atomic E-state index is 11.2. The maximum absolute atomic E-state index is 11.2. The molecule has 0 aliphatic heterocycles. The van der Waals surface area contributed by atoms with Gasteiger partial charge in [-0.15, -0.1) is 0 Å². The van der Waals surface area contributed by atoms with Crippen LogP contribution in [0, 0.1) is 6.92 Å². The molecular weight excluding hydrogens is 298 g/mol. The first-order chi connectivity index (χ1) is 9.27. The average Bonchev–Trinajstić information content (AvgIpc) is 2.35. The molecule has 0 aromatic heterocycles. The van der Waals surface area contributed by atoms with Gasteiger partial charge in [-0.1, -0.05) is 17.7 Å². The van der Waals surface area contributed by atoms with Crippen molar-refractivity contribution in [3.05, 3.63) is 47.0 Å². The zero-order valence-corrected chi connectivity index (χ0v) is 12.3. The second-order valence-electron chi connectivity index (χ2n) is 4.38. The van der Waals surface area contributed by atoms with Crippen LogP contribution in [0.3, 0.4) is 0 Å². The Hall–Kier alpha value is -1.76.